The van der Waals surface area contributed by atoms with Crippen LogP contribution in [0.15, 0.2) is 29.6 Å². The fraction of sp³-hybridized carbons (Fsp3) is 0.200. The lowest BCUT2D eigenvalue weighted by molar-refractivity contribution is 0.350. The molecule has 0 saturated heterocycles. The highest BCUT2D eigenvalue weighted by molar-refractivity contribution is 7.22. The molecule has 0 radical (unpaired) electrons. The molecular formula is C10H10OS2. The van der Waals surface area contributed by atoms with Crippen LogP contribution in [0.4, 0.5) is 0 Å². The van der Waals surface area contributed by atoms with Crippen molar-refractivity contribution in [3.05, 3.63) is 29.6 Å². The highest BCUT2D eigenvalue weighted by atomic mass is 32.1. The molecule has 2 rings (SSSR count). The van der Waals surface area contributed by atoms with Gasteiger partial charge in [-0.25, -0.2) is 0 Å². The molecule has 0 aliphatic carbocycles. The second-order valence-corrected chi connectivity index (χ2v) is 4.52. The molecule has 0 spiro atoms. The quantitative estimate of drug-likeness (QED) is 0.747. The Bertz CT molecular complexity index is 362. The van der Waals surface area contributed by atoms with Crippen molar-refractivity contribution in [2.24, 2.45) is 0 Å². The van der Waals surface area contributed by atoms with Crippen LogP contribution in [0, 0.1) is 0 Å². The first-order valence-corrected chi connectivity index (χ1v) is 5.86. The Kier molecular flexibility index (Phi) is 2.66. The minimum absolute atomic E-state index is 0.740. The topological polar surface area (TPSA) is 9.23 Å². The summed E-state index contributed by atoms with van der Waals surface area (Å²) in [6.45, 7) is 2.74. The SMILES string of the molecule is CCOc1ccc(-c2cccs2)s1. The zero-order valence-electron chi connectivity index (χ0n) is 7.32. The number of rotatable bonds is 3. The fourth-order valence-corrected chi connectivity index (χ4v) is 2.84. The highest BCUT2D eigenvalue weighted by Crippen LogP contribution is 2.35. The second-order valence-electron chi connectivity index (χ2n) is 2.53. The van der Waals surface area contributed by atoms with Crippen LogP contribution in [0.3, 0.4) is 0 Å². The van der Waals surface area contributed by atoms with Crippen LogP contribution in [0.2, 0.25) is 0 Å². The van der Waals surface area contributed by atoms with E-state index in [-0.39, 0.29) is 0 Å². The average molecular weight is 210 g/mol. The van der Waals surface area contributed by atoms with Crippen molar-refractivity contribution in [2.45, 2.75) is 6.92 Å². The van der Waals surface area contributed by atoms with Gasteiger partial charge >= 0.3 is 0 Å². The van der Waals surface area contributed by atoms with Crippen LogP contribution in [0.1, 0.15) is 6.92 Å². The van der Waals surface area contributed by atoms with E-state index in [2.05, 4.69) is 23.6 Å². The van der Waals surface area contributed by atoms with Crippen molar-refractivity contribution in [3.8, 4) is 14.8 Å². The lowest BCUT2D eigenvalue weighted by Gasteiger charge is -1.95. The molecule has 0 unspecified atom stereocenters. The molecule has 0 fully saturated rings. The van der Waals surface area contributed by atoms with E-state index in [1.54, 1.807) is 22.7 Å². The molecule has 0 aliphatic heterocycles. The van der Waals surface area contributed by atoms with Crippen LogP contribution >= 0.6 is 22.7 Å². The average Bonchev–Trinajstić information content (AvgIpc) is 2.70. The Labute approximate surface area is 85.6 Å². The Hall–Kier alpha value is -0.800. The monoisotopic (exact) mass is 210 g/mol. The van der Waals surface area contributed by atoms with E-state index in [4.69, 9.17) is 4.74 Å². The first-order chi connectivity index (χ1) is 6.40. The maximum absolute atomic E-state index is 5.41. The molecule has 0 atom stereocenters. The summed E-state index contributed by atoms with van der Waals surface area (Å²) in [5.41, 5.74) is 0. The number of hydrogen-bond donors (Lipinski definition) is 0. The van der Waals surface area contributed by atoms with Gasteiger partial charge in [0, 0.05) is 9.75 Å². The maximum atomic E-state index is 5.41. The van der Waals surface area contributed by atoms with Crippen molar-refractivity contribution in [1.29, 1.82) is 0 Å². The minimum Gasteiger partial charge on any atom is -0.484 e. The van der Waals surface area contributed by atoms with Crippen molar-refractivity contribution >= 4 is 22.7 Å². The maximum Gasteiger partial charge on any atom is 0.174 e. The van der Waals surface area contributed by atoms with Gasteiger partial charge < -0.3 is 4.74 Å². The Morgan fingerprint density at radius 1 is 1.23 bits per heavy atom. The van der Waals surface area contributed by atoms with Crippen LogP contribution in [0.25, 0.3) is 9.75 Å². The molecule has 3 heteroatoms. The number of ether oxygens (including phenoxy) is 1. The van der Waals surface area contributed by atoms with Gasteiger partial charge in [-0.05, 0) is 30.5 Å². The van der Waals surface area contributed by atoms with Gasteiger partial charge in [0.25, 0.3) is 0 Å². The molecular weight excluding hydrogens is 200 g/mol. The Morgan fingerprint density at radius 2 is 2.15 bits per heavy atom. The van der Waals surface area contributed by atoms with Crippen molar-refractivity contribution in [2.75, 3.05) is 6.61 Å². The van der Waals surface area contributed by atoms with E-state index in [0.29, 0.717) is 0 Å². The van der Waals surface area contributed by atoms with E-state index in [0.717, 1.165) is 11.7 Å². The molecule has 0 aliphatic rings. The highest BCUT2D eigenvalue weighted by Gasteiger charge is 2.03. The van der Waals surface area contributed by atoms with Gasteiger partial charge in [0.15, 0.2) is 5.06 Å². The van der Waals surface area contributed by atoms with Crippen molar-refractivity contribution in [1.82, 2.24) is 0 Å². The molecule has 2 aromatic rings. The normalized spacial score (nSPS) is 10.2. The number of hydrogen-bond acceptors (Lipinski definition) is 3. The molecule has 2 aromatic heterocycles. The molecule has 2 heterocycles. The molecule has 0 aromatic carbocycles. The molecule has 1 nitrogen and oxygen atoms in total. The van der Waals surface area contributed by atoms with Crippen molar-refractivity contribution in [3.63, 3.8) is 0 Å². The summed E-state index contributed by atoms with van der Waals surface area (Å²) in [4.78, 5) is 2.61. The van der Waals surface area contributed by atoms with E-state index in [1.165, 1.54) is 9.75 Å². The minimum atomic E-state index is 0.740. The van der Waals surface area contributed by atoms with Gasteiger partial charge in [0.05, 0.1) is 6.61 Å². The van der Waals surface area contributed by atoms with Crippen molar-refractivity contribution < 1.29 is 4.74 Å². The van der Waals surface area contributed by atoms with E-state index >= 15 is 0 Å². The summed E-state index contributed by atoms with van der Waals surface area (Å²) in [6.07, 6.45) is 0. The predicted molar refractivity (Wildman–Crippen MR) is 58.8 cm³/mol. The molecule has 0 N–H and O–H groups in total. The molecule has 0 bridgehead atoms. The zero-order chi connectivity index (χ0) is 9.10. The lowest BCUT2D eigenvalue weighted by Crippen LogP contribution is -1.86. The Morgan fingerprint density at radius 3 is 2.85 bits per heavy atom. The van der Waals surface area contributed by atoms with Crippen LogP contribution in [-0.2, 0) is 0 Å². The molecule has 0 amide bonds. The van der Waals surface area contributed by atoms with Gasteiger partial charge in [-0.1, -0.05) is 17.4 Å². The van der Waals surface area contributed by atoms with Gasteiger partial charge in [0.2, 0.25) is 0 Å². The summed E-state index contributed by atoms with van der Waals surface area (Å²) in [7, 11) is 0. The first kappa shape index (κ1) is 8.78. The molecule has 0 saturated carbocycles. The van der Waals surface area contributed by atoms with E-state index in [1.807, 2.05) is 13.0 Å². The second kappa shape index (κ2) is 3.94. The largest absolute Gasteiger partial charge is 0.484 e. The summed E-state index contributed by atoms with van der Waals surface area (Å²) >= 11 is 3.47. The first-order valence-electron chi connectivity index (χ1n) is 4.16. The standard InChI is InChI=1S/C10H10OS2/c1-2-11-10-6-5-9(13-10)8-4-3-7-12-8/h3-7H,2H2,1H3. The summed E-state index contributed by atoms with van der Waals surface area (Å²) in [5.74, 6) is 0. The Balaban J connectivity index is 2.23. The predicted octanol–water partition coefficient (Wildman–Crippen LogP) is 3.88. The third-order valence-corrected chi connectivity index (χ3v) is 3.70. The van der Waals surface area contributed by atoms with Gasteiger partial charge in [-0.3, -0.25) is 0 Å². The van der Waals surface area contributed by atoms with Gasteiger partial charge in [-0.15, -0.1) is 11.3 Å². The van der Waals surface area contributed by atoms with E-state index < -0.39 is 0 Å². The van der Waals surface area contributed by atoms with Crippen LogP contribution in [-0.4, -0.2) is 6.61 Å². The van der Waals surface area contributed by atoms with Gasteiger partial charge in [0.1, 0.15) is 0 Å². The van der Waals surface area contributed by atoms with Crippen LogP contribution < -0.4 is 4.74 Å². The molecule has 68 valence electrons. The fourth-order valence-electron chi connectivity index (χ4n) is 1.09. The smallest absolute Gasteiger partial charge is 0.174 e. The lowest BCUT2D eigenvalue weighted by atomic mass is 10.4. The third-order valence-electron chi connectivity index (χ3n) is 1.63. The summed E-state index contributed by atoms with van der Waals surface area (Å²) in [6, 6.07) is 8.34. The molecule has 13 heavy (non-hydrogen) atoms. The van der Waals surface area contributed by atoms with E-state index in [9.17, 15) is 0 Å². The van der Waals surface area contributed by atoms with Crippen LogP contribution in [0.5, 0.6) is 5.06 Å². The summed E-state index contributed by atoms with van der Waals surface area (Å²) < 4.78 is 5.41. The third kappa shape index (κ3) is 1.92. The van der Waals surface area contributed by atoms with Gasteiger partial charge in [-0.2, -0.15) is 0 Å². The zero-order valence-corrected chi connectivity index (χ0v) is 8.95. The number of thiophene rings is 2. The summed E-state index contributed by atoms with van der Waals surface area (Å²) in [5, 5.41) is 3.10.